The number of hydrogen-bond donors (Lipinski definition) is 3. The van der Waals surface area contributed by atoms with Gasteiger partial charge in [0.2, 0.25) is 11.8 Å². The minimum Gasteiger partial charge on any atom is -0.497 e. The Bertz CT molecular complexity index is 2200. The van der Waals surface area contributed by atoms with Crippen molar-refractivity contribution in [2.45, 2.75) is 50.6 Å². The smallest absolute Gasteiger partial charge is 0.262 e. The van der Waals surface area contributed by atoms with Gasteiger partial charge in [0.25, 0.3) is 17.4 Å². The second-order valence-electron chi connectivity index (χ2n) is 14.5. The molecule has 4 aliphatic rings. The van der Waals surface area contributed by atoms with Crippen LogP contribution in [0.1, 0.15) is 59.2 Å². The monoisotopic (exact) mass is 733 g/mol. The molecule has 4 aromatic rings. The molecule has 3 fully saturated rings. The van der Waals surface area contributed by atoms with Crippen LogP contribution < -0.4 is 35.5 Å². The van der Waals surface area contributed by atoms with Crippen molar-refractivity contribution in [1.29, 1.82) is 0 Å². The third-order valence-corrected chi connectivity index (χ3v) is 11.2. The summed E-state index contributed by atoms with van der Waals surface area (Å²) in [6.45, 7) is 4.47. The summed E-state index contributed by atoms with van der Waals surface area (Å²) in [5.41, 5.74) is 3.66. The predicted molar refractivity (Wildman–Crippen MR) is 202 cm³/mol. The van der Waals surface area contributed by atoms with Crippen LogP contribution in [0.25, 0.3) is 22.3 Å². The molecule has 8 rings (SSSR count). The van der Waals surface area contributed by atoms with Gasteiger partial charge in [-0.25, -0.2) is 4.98 Å². The number of anilines is 2. The van der Waals surface area contributed by atoms with E-state index in [9.17, 15) is 24.0 Å². The largest absolute Gasteiger partial charge is 0.497 e. The van der Waals surface area contributed by atoms with Gasteiger partial charge in [-0.05, 0) is 87.0 Å². The number of aromatic amines is 1. The third kappa shape index (κ3) is 6.66. The first-order valence-corrected chi connectivity index (χ1v) is 18.6. The number of H-pyrrole nitrogens is 1. The maximum atomic E-state index is 13.4. The number of imide groups is 2. The minimum absolute atomic E-state index is 0.0918. The number of hydrogen-bond acceptors (Lipinski definition) is 11. The summed E-state index contributed by atoms with van der Waals surface area (Å²) in [5, 5.41) is 6.45. The van der Waals surface area contributed by atoms with Gasteiger partial charge in [-0.15, -0.1) is 0 Å². The Morgan fingerprint density at radius 2 is 1.57 bits per heavy atom. The molecule has 3 saturated heterocycles. The lowest BCUT2D eigenvalue weighted by Crippen LogP contribution is -2.54. The van der Waals surface area contributed by atoms with Crippen LogP contribution >= 0.6 is 0 Å². The normalized spacial score (nSPS) is 20.7. The zero-order valence-electron chi connectivity index (χ0n) is 30.4. The van der Waals surface area contributed by atoms with E-state index in [4.69, 9.17) is 14.5 Å². The standard InChI is InChI=1S/C40H43N7O7/c1-53-28-19-31-35(33(20-28)54-2)38(50)44-36(42-31)24-5-7-26(8-6-24)45-16-13-23(14-17-45)21-41-25-4-3-15-46(22-25)27-9-10-29-30(18-27)40(52)47(39(29)51)32-11-12-34(48)43-37(32)49/h5-10,18-20,23,25,32,41H,3-4,11-17,21-22H2,1-2H3,(H,42,44,50)(H,43,48,49)/t25-,32?/m0/s1. The molecule has 3 aromatic carbocycles. The molecule has 0 spiro atoms. The molecule has 0 radical (unpaired) electrons. The summed E-state index contributed by atoms with van der Waals surface area (Å²) in [7, 11) is 3.08. The van der Waals surface area contributed by atoms with E-state index in [1.54, 1.807) is 31.4 Å². The van der Waals surface area contributed by atoms with Crippen LogP contribution in [-0.2, 0) is 9.59 Å². The molecule has 2 atom stereocenters. The summed E-state index contributed by atoms with van der Waals surface area (Å²) in [4.78, 5) is 76.9. The third-order valence-electron chi connectivity index (χ3n) is 11.2. The number of carbonyl (C=O) groups excluding carboxylic acids is 4. The number of methoxy groups -OCH3 is 2. The highest BCUT2D eigenvalue weighted by Crippen LogP contribution is 2.33. The van der Waals surface area contributed by atoms with Gasteiger partial charge in [-0.1, -0.05) is 0 Å². The second-order valence-corrected chi connectivity index (χ2v) is 14.5. The highest BCUT2D eigenvalue weighted by molar-refractivity contribution is 6.23. The van der Waals surface area contributed by atoms with Gasteiger partial charge in [-0.3, -0.25) is 34.2 Å². The molecule has 14 nitrogen and oxygen atoms in total. The summed E-state index contributed by atoms with van der Waals surface area (Å²) >= 11 is 0. The van der Waals surface area contributed by atoms with Crippen LogP contribution in [0.4, 0.5) is 11.4 Å². The van der Waals surface area contributed by atoms with E-state index in [0.29, 0.717) is 51.3 Å². The van der Waals surface area contributed by atoms with Crippen molar-refractivity contribution in [2.24, 2.45) is 5.92 Å². The van der Waals surface area contributed by atoms with Crippen LogP contribution in [0.15, 0.2) is 59.4 Å². The number of nitrogens with one attached hydrogen (secondary N) is 3. The van der Waals surface area contributed by atoms with Crippen molar-refractivity contribution in [2.75, 3.05) is 56.7 Å². The fourth-order valence-electron chi connectivity index (χ4n) is 8.22. The molecule has 1 aromatic heterocycles. The molecule has 0 bridgehead atoms. The number of ether oxygens (including phenoxy) is 2. The van der Waals surface area contributed by atoms with Crippen molar-refractivity contribution in [1.82, 2.24) is 25.5 Å². The lowest BCUT2D eigenvalue weighted by atomic mass is 9.95. The number of carbonyl (C=O) groups is 4. The molecule has 0 aliphatic carbocycles. The number of nitrogens with zero attached hydrogens (tertiary/aromatic N) is 4. The molecule has 54 heavy (non-hydrogen) atoms. The van der Waals surface area contributed by atoms with Crippen molar-refractivity contribution in [3.8, 4) is 22.9 Å². The van der Waals surface area contributed by atoms with E-state index in [1.807, 2.05) is 18.2 Å². The number of aromatic nitrogens is 2. The number of rotatable bonds is 9. The average molecular weight is 734 g/mol. The Kier molecular flexibility index (Phi) is 9.52. The highest BCUT2D eigenvalue weighted by Gasteiger charge is 2.45. The lowest BCUT2D eigenvalue weighted by molar-refractivity contribution is -0.136. The van der Waals surface area contributed by atoms with E-state index < -0.39 is 29.7 Å². The number of piperidine rings is 3. The summed E-state index contributed by atoms with van der Waals surface area (Å²) < 4.78 is 10.8. The molecular formula is C40H43N7O7. The first-order valence-electron chi connectivity index (χ1n) is 18.6. The van der Waals surface area contributed by atoms with Crippen molar-refractivity contribution >= 4 is 45.9 Å². The molecule has 4 amide bonds. The number of benzene rings is 3. The van der Waals surface area contributed by atoms with E-state index in [2.05, 4.69) is 37.6 Å². The molecule has 280 valence electrons. The minimum atomic E-state index is -0.974. The van der Waals surface area contributed by atoms with Gasteiger partial charge < -0.3 is 29.6 Å². The molecule has 0 saturated carbocycles. The Balaban J connectivity index is 0.846. The maximum absolute atomic E-state index is 13.4. The van der Waals surface area contributed by atoms with Crippen molar-refractivity contribution in [3.63, 3.8) is 0 Å². The molecule has 3 N–H and O–H groups in total. The molecule has 5 heterocycles. The summed E-state index contributed by atoms with van der Waals surface area (Å²) in [5.74, 6) is 0.0415. The fourth-order valence-corrected chi connectivity index (χ4v) is 8.22. The van der Waals surface area contributed by atoms with Crippen molar-refractivity contribution < 1.29 is 28.7 Å². The van der Waals surface area contributed by atoms with Gasteiger partial charge in [-0.2, -0.15) is 0 Å². The van der Waals surface area contributed by atoms with Gasteiger partial charge >= 0.3 is 0 Å². The van der Waals surface area contributed by atoms with Gasteiger partial charge in [0.1, 0.15) is 28.8 Å². The van der Waals surface area contributed by atoms with Crippen LogP contribution in [0.5, 0.6) is 11.5 Å². The first kappa shape index (κ1) is 35.3. The summed E-state index contributed by atoms with van der Waals surface area (Å²) in [6.07, 6.45) is 4.43. The molecule has 1 unspecified atom stereocenters. The Morgan fingerprint density at radius 3 is 2.31 bits per heavy atom. The SMILES string of the molecule is COc1cc(OC)c2c(=O)[nH]c(-c3ccc(N4CCC(CN[C@H]5CCCN(c6ccc7c(c6)C(=O)N(C6CCC(=O)NC6=O)C7=O)C5)CC4)cc3)nc2c1. The zero-order valence-corrected chi connectivity index (χ0v) is 30.4. The summed E-state index contributed by atoms with van der Waals surface area (Å²) in [6, 6.07) is 16.2. The maximum Gasteiger partial charge on any atom is 0.262 e. The fraction of sp³-hybridized carbons (Fsp3) is 0.400. The van der Waals surface area contributed by atoms with Gasteiger partial charge in [0, 0.05) is 67.7 Å². The average Bonchev–Trinajstić information content (AvgIpc) is 3.44. The lowest BCUT2D eigenvalue weighted by Gasteiger charge is -2.37. The van der Waals surface area contributed by atoms with E-state index in [0.717, 1.165) is 80.2 Å². The Hall–Kier alpha value is -5.76. The zero-order chi connectivity index (χ0) is 37.5. The van der Waals surface area contributed by atoms with Crippen molar-refractivity contribution in [3.05, 3.63) is 76.1 Å². The van der Waals surface area contributed by atoms with Crippen LogP contribution in [-0.4, -0.2) is 97.5 Å². The topological polar surface area (TPSA) is 166 Å². The Morgan fingerprint density at radius 1 is 0.815 bits per heavy atom. The number of fused-ring (bicyclic) bond motifs is 2. The highest BCUT2D eigenvalue weighted by atomic mass is 16.5. The second kappa shape index (κ2) is 14.6. The number of amides is 4. The Labute approximate surface area is 311 Å². The van der Waals surface area contributed by atoms with E-state index in [-0.39, 0.29) is 18.4 Å². The predicted octanol–water partition coefficient (Wildman–Crippen LogP) is 3.48. The van der Waals surface area contributed by atoms with Gasteiger partial charge in [0.05, 0.1) is 30.9 Å². The van der Waals surface area contributed by atoms with E-state index >= 15 is 0 Å². The quantitative estimate of drug-likeness (QED) is 0.216. The molecular weight excluding hydrogens is 690 g/mol. The van der Waals surface area contributed by atoms with Crippen LogP contribution in [0.3, 0.4) is 0 Å². The molecule has 4 aliphatic heterocycles. The first-order chi connectivity index (χ1) is 26.2. The van der Waals surface area contributed by atoms with Crippen LogP contribution in [0.2, 0.25) is 0 Å². The molecule has 14 heteroatoms. The van der Waals surface area contributed by atoms with Gasteiger partial charge in [0.15, 0.2) is 0 Å². The van der Waals surface area contributed by atoms with Crippen LogP contribution in [0, 0.1) is 5.92 Å². The van der Waals surface area contributed by atoms with E-state index in [1.165, 1.54) is 7.11 Å².